The third kappa shape index (κ3) is 5.90. The Morgan fingerprint density at radius 1 is 0.367 bits per heavy atom. The Bertz CT molecular complexity index is 792. The largest absolute Gasteiger partial charge is 0.309 e. The standard InChI is InChI=1S/2C14H15N/c2*1-15-14(12-8-4-2-5-9-12)13-10-6-3-7-11-13/h2*2-11,14-15H,1H3. The molecule has 0 unspecified atom stereocenters. The molecule has 0 fully saturated rings. The van der Waals surface area contributed by atoms with Crippen LogP contribution in [0.1, 0.15) is 34.3 Å². The van der Waals surface area contributed by atoms with Crippen LogP contribution in [0.25, 0.3) is 0 Å². The van der Waals surface area contributed by atoms with Gasteiger partial charge in [0.25, 0.3) is 0 Å². The van der Waals surface area contributed by atoms with E-state index >= 15 is 0 Å². The molecular weight excluding hydrogens is 364 g/mol. The highest BCUT2D eigenvalue weighted by Gasteiger charge is 2.10. The van der Waals surface area contributed by atoms with E-state index in [0.717, 1.165) is 0 Å². The van der Waals surface area contributed by atoms with E-state index in [0.29, 0.717) is 0 Å². The van der Waals surface area contributed by atoms with Gasteiger partial charge >= 0.3 is 0 Å². The summed E-state index contributed by atoms with van der Waals surface area (Å²) in [5.41, 5.74) is 5.19. The SMILES string of the molecule is CNC(c1ccccc1)c1ccccc1.CNC(c1ccccc1)c1ccccc1. The lowest BCUT2D eigenvalue weighted by Crippen LogP contribution is -2.17. The second kappa shape index (κ2) is 11.7. The van der Waals surface area contributed by atoms with E-state index in [4.69, 9.17) is 0 Å². The van der Waals surface area contributed by atoms with Crippen LogP contribution in [0.5, 0.6) is 0 Å². The molecule has 2 heteroatoms. The lowest BCUT2D eigenvalue weighted by Gasteiger charge is -2.16. The normalized spacial score (nSPS) is 10.5. The molecule has 0 spiro atoms. The van der Waals surface area contributed by atoms with Crippen LogP contribution in [0.2, 0.25) is 0 Å². The van der Waals surface area contributed by atoms with Crippen molar-refractivity contribution in [2.45, 2.75) is 12.1 Å². The first kappa shape index (κ1) is 21.5. The van der Waals surface area contributed by atoms with Crippen LogP contribution < -0.4 is 10.6 Å². The van der Waals surface area contributed by atoms with Crippen LogP contribution >= 0.6 is 0 Å². The van der Waals surface area contributed by atoms with Gasteiger partial charge in [-0.3, -0.25) is 0 Å². The lowest BCUT2D eigenvalue weighted by molar-refractivity contribution is 0.692. The van der Waals surface area contributed by atoms with Crippen LogP contribution in [0.4, 0.5) is 0 Å². The fraction of sp³-hybridized carbons (Fsp3) is 0.143. The topological polar surface area (TPSA) is 24.1 Å². The Morgan fingerprint density at radius 2 is 0.567 bits per heavy atom. The van der Waals surface area contributed by atoms with Crippen molar-refractivity contribution in [2.75, 3.05) is 14.1 Å². The van der Waals surface area contributed by atoms with Gasteiger partial charge < -0.3 is 10.6 Å². The predicted octanol–water partition coefficient (Wildman–Crippen LogP) is 5.99. The second-order valence-corrected chi connectivity index (χ2v) is 7.09. The van der Waals surface area contributed by atoms with Crippen molar-refractivity contribution in [3.8, 4) is 0 Å². The molecule has 2 N–H and O–H groups in total. The predicted molar refractivity (Wildman–Crippen MR) is 128 cm³/mol. The van der Waals surface area contributed by atoms with Gasteiger partial charge in [-0.2, -0.15) is 0 Å². The van der Waals surface area contributed by atoms with Gasteiger partial charge in [0.05, 0.1) is 12.1 Å². The minimum Gasteiger partial charge on any atom is -0.309 e. The second-order valence-electron chi connectivity index (χ2n) is 7.09. The first-order valence-electron chi connectivity index (χ1n) is 10.4. The summed E-state index contributed by atoms with van der Waals surface area (Å²) in [4.78, 5) is 0. The summed E-state index contributed by atoms with van der Waals surface area (Å²) in [6, 6.07) is 42.5. The Hall–Kier alpha value is -3.20. The maximum atomic E-state index is 3.33. The molecule has 0 aromatic heterocycles. The fourth-order valence-electron chi connectivity index (χ4n) is 3.63. The van der Waals surface area contributed by atoms with Gasteiger partial charge in [-0.1, -0.05) is 121 Å². The monoisotopic (exact) mass is 394 g/mol. The first-order chi connectivity index (χ1) is 14.8. The van der Waals surface area contributed by atoms with E-state index in [-0.39, 0.29) is 12.1 Å². The van der Waals surface area contributed by atoms with Crippen molar-refractivity contribution in [2.24, 2.45) is 0 Å². The molecule has 0 atom stereocenters. The zero-order chi connectivity index (χ0) is 21.0. The van der Waals surface area contributed by atoms with Gasteiger partial charge in [-0.05, 0) is 36.3 Å². The molecule has 0 bridgehead atoms. The van der Waals surface area contributed by atoms with Gasteiger partial charge in [0.2, 0.25) is 0 Å². The quantitative estimate of drug-likeness (QED) is 0.420. The van der Waals surface area contributed by atoms with Gasteiger partial charge in [0.15, 0.2) is 0 Å². The molecular formula is C28H30N2. The Morgan fingerprint density at radius 3 is 0.733 bits per heavy atom. The van der Waals surface area contributed by atoms with Crippen LogP contribution in [0.15, 0.2) is 121 Å². The van der Waals surface area contributed by atoms with Crippen molar-refractivity contribution in [1.29, 1.82) is 0 Å². The van der Waals surface area contributed by atoms with Crippen LogP contribution in [0, 0.1) is 0 Å². The van der Waals surface area contributed by atoms with E-state index in [1.165, 1.54) is 22.3 Å². The van der Waals surface area contributed by atoms with Crippen molar-refractivity contribution in [3.05, 3.63) is 144 Å². The molecule has 30 heavy (non-hydrogen) atoms. The van der Waals surface area contributed by atoms with Gasteiger partial charge in [0, 0.05) is 0 Å². The molecule has 0 heterocycles. The number of benzene rings is 4. The minimum absolute atomic E-state index is 0.285. The summed E-state index contributed by atoms with van der Waals surface area (Å²) in [5.74, 6) is 0. The number of hydrogen-bond acceptors (Lipinski definition) is 2. The number of nitrogens with one attached hydrogen (secondary N) is 2. The smallest absolute Gasteiger partial charge is 0.0574 e. The van der Waals surface area contributed by atoms with E-state index in [1.807, 2.05) is 38.4 Å². The van der Waals surface area contributed by atoms with Crippen LogP contribution in [-0.4, -0.2) is 14.1 Å². The highest BCUT2D eigenvalue weighted by molar-refractivity contribution is 5.32. The molecule has 4 aromatic rings. The Balaban J connectivity index is 0.000000171. The molecule has 0 radical (unpaired) electrons. The van der Waals surface area contributed by atoms with E-state index in [2.05, 4.69) is 108 Å². The summed E-state index contributed by atoms with van der Waals surface area (Å²) in [7, 11) is 3.98. The molecule has 2 nitrogen and oxygen atoms in total. The molecule has 0 aliphatic heterocycles. The minimum atomic E-state index is 0.285. The Kier molecular flexibility index (Phi) is 8.40. The molecule has 0 saturated heterocycles. The highest BCUT2D eigenvalue weighted by Crippen LogP contribution is 2.21. The molecule has 0 aliphatic rings. The maximum Gasteiger partial charge on any atom is 0.0574 e. The third-order valence-electron chi connectivity index (χ3n) is 5.11. The van der Waals surface area contributed by atoms with E-state index in [9.17, 15) is 0 Å². The summed E-state index contributed by atoms with van der Waals surface area (Å²) >= 11 is 0. The van der Waals surface area contributed by atoms with Crippen molar-refractivity contribution < 1.29 is 0 Å². The Labute approximate surface area is 180 Å². The van der Waals surface area contributed by atoms with Gasteiger partial charge in [-0.15, -0.1) is 0 Å². The van der Waals surface area contributed by atoms with Crippen LogP contribution in [-0.2, 0) is 0 Å². The summed E-state index contributed by atoms with van der Waals surface area (Å²) < 4.78 is 0. The molecule has 0 aliphatic carbocycles. The van der Waals surface area contributed by atoms with Gasteiger partial charge in [0.1, 0.15) is 0 Å². The molecule has 4 rings (SSSR count). The third-order valence-corrected chi connectivity index (χ3v) is 5.11. The van der Waals surface area contributed by atoms with E-state index < -0.39 is 0 Å². The van der Waals surface area contributed by atoms with Crippen LogP contribution in [0.3, 0.4) is 0 Å². The zero-order valence-electron chi connectivity index (χ0n) is 17.7. The number of hydrogen-bond donors (Lipinski definition) is 2. The maximum absolute atomic E-state index is 3.33. The number of rotatable bonds is 6. The first-order valence-corrected chi connectivity index (χ1v) is 10.4. The van der Waals surface area contributed by atoms with Crippen molar-refractivity contribution >= 4 is 0 Å². The summed E-state index contributed by atoms with van der Waals surface area (Å²) in [5, 5.41) is 6.67. The summed E-state index contributed by atoms with van der Waals surface area (Å²) in [6.45, 7) is 0. The molecule has 0 saturated carbocycles. The highest BCUT2D eigenvalue weighted by atomic mass is 14.9. The molecule has 0 amide bonds. The van der Waals surface area contributed by atoms with Gasteiger partial charge in [-0.25, -0.2) is 0 Å². The summed E-state index contributed by atoms with van der Waals surface area (Å²) in [6.07, 6.45) is 0. The fourth-order valence-corrected chi connectivity index (χ4v) is 3.63. The van der Waals surface area contributed by atoms with Crippen molar-refractivity contribution in [1.82, 2.24) is 10.6 Å². The average molecular weight is 395 g/mol. The van der Waals surface area contributed by atoms with Crippen molar-refractivity contribution in [3.63, 3.8) is 0 Å². The molecule has 4 aromatic carbocycles. The lowest BCUT2D eigenvalue weighted by atomic mass is 9.99. The zero-order valence-corrected chi connectivity index (χ0v) is 17.7. The average Bonchev–Trinajstić information content (AvgIpc) is 2.83. The molecule has 152 valence electrons. The van der Waals surface area contributed by atoms with E-state index in [1.54, 1.807) is 0 Å².